The molecule has 0 aromatic heterocycles. The van der Waals surface area contributed by atoms with Gasteiger partial charge in [-0.25, -0.2) is 0 Å². The fraction of sp³-hybridized carbons (Fsp3) is 0.682. The highest BCUT2D eigenvalue weighted by Gasteiger charge is 1.95. The number of ether oxygens (including phenoxy) is 1. The molecule has 0 bridgehead atoms. The van der Waals surface area contributed by atoms with Gasteiger partial charge in [0.1, 0.15) is 5.75 Å². The predicted octanol–water partition coefficient (Wildman–Crippen LogP) is 7.36. The van der Waals surface area contributed by atoms with E-state index in [1.165, 1.54) is 83.5 Å². The van der Waals surface area contributed by atoms with Crippen molar-refractivity contribution in [2.75, 3.05) is 6.61 Å². The van der Waals surface area contributed by atoms with Gasteiger partial charge in [0.05, 0.1) is 6.61 Å². The molecule has 0 aliphatic heterocycles. The molecule has 0 fully saturated rings. The molecule has 1 radical (unpaired) electrons. The highest BCUT2D eigenvalue weighted by molar-refractivity contribution is 5.20. The summed E-state index contributed by atoms with van der Waals surface area (Å²) in [5.74, 6) is 0.999. The molecule has 0 aliphatic carbocycles. The smallest absolute Gasteiger partial charge is 0.119 e. The molecule has 1 rings (SSSR count). The molecule has 131 valence electrons. The Hall–Kier alpha value is -0.980. The van der Waals surface area contributed by atoms with Gasteiger partial charge in [0.15, 0.2) is 0 Å². The summed E-state index contributed by atoms with van der Waals surface area (Å²) >= 11 is 0. The maximum absolute atomic E-state index is 5.71. The summed E-state index contributed by atoms with van der Waals surface area (Å²) in [5.41, 5.74) is 0. The van der Waals surface area contributed by atoms with Crippen molar-refractivity contribution >= 4 is 0 Å². The minimum atomic E-state index is 0.859. The summed E-state index contributed by atoms with van der Waals surface area (Å²) in [4.78, 5) is 0. The van der Waals surface area contributed by atoms with Crippen LogP contribution < -0.4 is 4.74 Å². The van der Waals surface area contributed by atoms with Gasteiger partial charge in [0, 0.05) is 0 Å². The van der Waals surface area contributed by atoms with Crippen LogP contribution in [0.5, 0.6) is 5.75 Å². The zero-order valence-electron chi connectivity index (χ0n) is 15.1. The van der Waals surface area contributed by atoms with E-state index >= 15 is 0 Å². The molecule has 0 N–H and O–H groups in total. The first-order valence-corrected chi connectivity index (χ1v) is 9.90. The molecule has 0 aliphatic rings. The highest BCUT2D eigenvalue weighted by Crippen LogP contribution is 2.13. The largest absolute Gasteiger partial charge is 0.494 e. The van der Waals surface area contributed by atoms with Gasteiger partial charge < -0.3 is 4.74 Å². The summed E-state index contributed by atoms with van der Waals surface area (Å²) in [6.07, 6.45) is 19.1. The lowest BCUT2D eigenvalue weighted by atomic mass is 10.0. The van der Waals surface area contributed by atoms with Gasteiger partial charge in [-0.05, 0) is 18.6 Å². The Labute approximate surface area is 144 Å². The molecule has 0 amide bonds. The molecule has 0 unspecified atom stereocenters. The van der Waals surface area contributed by atoms with Crippen LogP contribution in [0.3, 0.4) is 0 Å². The third-order valence-electron chi connectivity index (χ3n) is 4.41. The van der Waals surface area contributed by atoms with Gasteiger partial charge in [-0.15, -0.1) is 0 Å². The van der Waals surface area contributed by atoms with Crippen molar-refractivity contribution < 1.29 is 4.74 Å². The number of benzene rings is 1. The van der Waals surface area contributed by atoms with Crippen LogP contribution in [0, 0.1) is 6.92 Å². The third kappa shape index (κ3) is 13.2. The Morgan fingerprint density at radius 1 is 0.565 bits per heavy atom. The maximum atomic E-state index is 5.71. The van der Waals surface area contributed by atoms with Crippen molar-refractivity contribution in [1.29, 1.82) is 0 Å². The summed E-state index contributed by atoms with van der Waals surface area (Å²) in [6, 6.07) is 10.1. The van der Waals surface area contributed by atoms with E-state index in [4.69, 9.17) is 4.74 Å². The minimum Gasteiger partial charge on any atom is -0.494 e. The standard InChI is InChI=1S/C22H37O/c1-2-3-4-5-6-7-8-9-10-11-12-13-14-18-21-23-22-19-16-15-17-20-22/h15-17,19-20H,1-14,18,21H2. The molecular weight excluding hydrogens is 280 g/mol. The van der Waals surface area contributed by atoms with E-state index in [0.717, 1.165) is 18.8 Å². The monoisotopic (exact) mass is 317 g/mol. The fourth-order valence-corrected chi connectivity index (χ4v) is 2.93. The zero-order chi connectivity index (χ0) is 16.4. The second-order valence-corrected chi connectivity index (χ2v) is 6.61. The van der Waals surface area contributed by atoms with Crippen LogP contribution in [0.15, 0.2) is 30.3 Å². The van der Waals surface area contributed by atoms with Crippen molar-refractivity contribution in [3.63, 3.8) is 0 Å². The van der Waals surface area contributed by atoms with Gasteiger partial charge in [-0.3, -0.25) is 0 Å². The van der Waals surface area contributed by atoms with Crippen molar-refractivity contribution in [1.82, 2.24) is 0 Å². The van der Waals surface area contributed by atoms with E-state index in [1.807, 2.05) is 30.3 Å². The van der Waals surface area contributed by atoms with Crippen LogP contribution in [0.2, 0.25) is 0 Å². The molecule has 1 nitrogen and oxygen atoms in total. The van der Waals surface area contributed by atoms with Crippen molar-refractivity contribution in [3.05, 3.63) is 37.3 Å². The minimum absolute atomic E-state index is 0.859. The second kappa shape index (κ2) is 15.9. The molecule has 0 spiro atoms. The van der Waals surface area contributed by atoms with E-state index in [0.29, 0.717) is 0 Å². The topological polar surface area (TPSA) is 9.23 Å². The lowest BCUT2D eigenvalue weighted by Gasteiger charge is -2.06. The van der Waals surface area contributed by atoms with Gasteiger partial charge in [-0.1, -0.05) is 109 Å². The van der Waals surface area contributed by atoms with E-state index in [9.17, 15) is 0 Å². The van der Waals surface area contributed by atoms with Crippen LogP contribution in [0.1, 0.15) is 89.9 Å². The molecule has 0 saturated carbocycles. The first kappa shape index (κ1) is 20.1. The Bertz CT molecular complexity index is 333. The molecule has 0 saturated heterocycles. The van der Waals surface area contributed by atoms with Crippen LogP contribution in [0.4, 0.5) is 0 Å². The average molecular weight is 318 g/mol. The average Bonchev–Trinajstić information content (AvgIpc) is 2.59. The SMILES string of the molecule is [CH2]CCCCCCCCCCCCCCCOc1ccccc1. The molecule has 23 heavy (non-hydrogen) atoms. The van der Waals surface area contributed by atoms with E-state index < -0.39 is 0 Å². The van der Waals surface area contributed by atoms with E-state index in [2.05, 4.69) is 6.92 Å². The third-order valence-corrected chi connectivity index (χ3v) is 4.41. The first-order valence-electron chi connectivity index (χ1n) is 9.90. The van der Waals surface area contributed by atoms with Gasteiger partial charge >= 0.3 is 0 Å². The Morgan fingerprint density at radius 3 is 1.48 bits per heavy atom. The summed E-state index contributed by atoms with van der Waals surface area (Å²) in [6.45, 7) is 4.75. The number of hydrogen-bond acceptors (Lipinski definition) is 1. The summed E-state index contributed by atoms with van der Waals surface area (Å²) < 4.78 is 5.71. The summed E-state index contributed by atoms with van der Waals surface area (Å²) in [5, 5.41) is 0. The fourth-order valence-electron chi connectivity index (χ4n) is 2.93. The maximum Gasteiger partial charge on any atom is 0.119 e. The molecular formula is C22H37O. The molecule has 0 atom stereocenters. The van der Waals surface area contributed by atoms with Crippen molar-refractivity contribution in [2.45, 2.75) is 89.9 Å². The molecule has 1 heteroatoms. The Kier molecular flexibility index (Phi) is 13.9. The second-order valence-electron chi connectivity index (χ2n) is 6.61. The number of unbranched alkanes of at least 4 members (excludes halogenated alkanes) is 13. The van der Waals surface area contributed by atoms with Crippen molar-refractivity contribution in [3.8, 4) is 5.75 Å². The van der Waals surface area contributed by atoms with Crippen LogP contribution in [-0.2, 0) is 0 Å². The van der Waals surface area contributed by atoms with E-state index in [1.54, 1.807) is 0 Å². The van der Waals surface area contributed by atoms with E-state index in [-0.39, 0.29) is 0 Å². The normalized spacial score (nSPS) is 10.8. The first-order chi connectivity index (χ1) is 11.4. The predicted molar refractivity (Wildman–Crippen MR) is 102 cm³/mol. The van der Waals surface area contributed by atoms with Crippen LogP contribution in [0.25, 0.3) is 0 Å². The Morgan fingerprint density at radius 2 is 1.00 bits per heavy atom. The Balaban J connectivity index is 1.72. The zero-order valence-corrected chi connectivity index (χ0v) is 15.1. The van der Waals surface area contributed by atoms with Gasteiger partial charge in [0.2, 0.25) is 0 Å². The molecule has 1 aromatic carbocycles. The summed E-state index contributed by atoms with van der Waals surface area (Å²) in [7, 11) is 0. The number of rotatable bonds is 16. The van der Waals surface area contributed by atoms with Crippen LogP contribution in [-0.4, -0.2) is 6.61 Å². The quantitative estimate of drug-likeness (QED) is 0.289. The molecule has 0 heterocycles. The van der Waals surface area contributed by atoms with Crippen molar-refractivity contribution in [2.24, 2.45) is 0 Å². The number of para-hydroxylation sites is 1. The van der Waals surface area contributed by atoms with Gasteiger partial charge in [-0.2, -0.15) is 0 Å². The lowest BCUT2D eigenvalue weighted by molar-refractivity contribution is 0.304. The van der Waals surface area contributed by atoms with Crippen LogP contribution >= 0.6 is 0 Å². The lowest BCUT2D eigenvalue weighted by Crippen LogP contribution is -1.96. The van der Waals surface area contributed by atoms with Gasteiger partial charge in [0.25, 0.3) is 0 Å². The number of hydrogen-bond donors (Lipinski definition) is 0. The molecule has 1 aromatic rings. The highest BCUT2D eigenvalue weighted by atomic mass is 16.5.